The predicted molar refractivity (Wildman–Crippen MR) is 46.5 cm³/mol. The molecule has 0 aromatic heterocycles. The highest BCUT2D eigenvalue weighted by Crippen LogP contribution is 2.22. The first-order chi connectivity index (χ1) is 5.24. The first-order valence-corrected chi connectivity index (χ1v) is 4.05. The molecule has 4 nitrogen and oxygen atoms in total. The van der Waals surface area contributed by atoms with Crippen LogP contribution in [0.5, 0.6) is 0 Å². The van der Waals surface area contributed by atoms with Crippen molar-refractivity contribution < 1.29 is 10.0 Å². The maximum absolute atomic E-state index is 10.3. The van der Waals surface area contributed by atoms with Crippen LogP contribution in [0.3, 0.4) is 0 Å². The normalized spacial score (nSPS) is 17.1. The van der Waals surface area contributed by atoms with E-state index < -0.39 is 17.1 Å². The topological polar surface area (TPSA) is 63.4 Å². The largest absolute Gasteiger partial charge is 0.386 e. The van der Waals surface area contributed by atoms with Crippen LogP contribution >= 0.6 is 0 Å². The van der Waals surface area contributed by atoms with E-state index >= 15 is 0 Å². The van der Waals surface area contributed by atoms with Gasteiger partial charge in [-0.3, -0.25) is 10.1 Å². The molecule has 0 aliphatic heterocycles. The Labute approximate surface area is 72.7 Å². The van der Waals surface area contributed by atoms with E-state index in [0.29, 0.717) is 6.42 Å². The van der Waals surface area contributed by atoms with E-state index in [1.807, 2.05) is 20.8 Å². The first-order valence-electron chi connectivity index (χ1n) is 4.05. The maximum atomic E-state index is 10.3. The van der Waals surface area contributed by atoms with Crippen LogP contribution in [0.2, 0.25) is 0 Å². The Morgan fingerprint density at radius 1 is 1.50 bits per heavy atom. The molecule has 0 saturated carbocycles. The SMILES string of the molecule is CC(C(O)CC(C)(C)C)[N+](=O)[O-]. The molecule has 0 aliphatic carbocycles. The molecule has 2 atom stereocenters. The summed E-state index contributed by atoms with van der Waals surface area (Å²) in [6, 6.07) is -0.871. The number of rotatable bonds is 3. The van der Waals surface area contributed by atoms with E-state index in [1.54, 1.807) is 0 Å². The van der Waals surface area contributed by atoms with Gasteiger partial charge < -0.3 is 5.11 Å². The van der Waals surface area contributed by atoms with Crippen molar-refractivity contribution in [3.63, 3.8) is 0 Å². The van der Waals surface area contributed by atoms with Gasteiger partial charge in [-0.15, -0.1) is 0 Å². The Morgan fingerprint density at radius 2 is 1.92 bits per heavy atom. The van der Waals surface area contributed by atoms with Gasteiger partial charge in [0.15, 0.2) is 0 Å². The summed E-state index contributed by atoms with van der Waals surface area (Å²) in [6.07, 6.45) is -0.394. The highest BCUT2D eigenvalue weighted by atomic mass is 16.6. The number of hydrogen-bond acceptors (Lipinski definition) is 3. The van der Waals surface area contributed by atoms with Crippen molar-refractivity contribution in [2.24, 2.45) is 5.41 Å². The molecule has 0 aliphatic rings. The molecule has 0 bridgehead atoms. The summed E-state index contributed by atoms with van der Waals surface area (Å²) in [5.74, 6) is 0. The zero-order chi connectivity index (χ0) is 9.94. The van der Waals surface area contributed by atoms with Crippen molar-refractivity contribution in [1.29, 1.82) is 0 Å². The lowest BCUT2D eigenvalue weighted by Crippen LogP contribution is -2.33. The predicted octanol–water partition coefficient (Wildman–Crippen LogP) is 1.45. The molecule has 0 fully saturated rings. The fraction of sp³-hybridized carbons (Fsp3) is 1.00. The zero-order valence-corrected chi connectivity index (χ0v) is 8.07. The van der Waals surface area contributed by atoms with E-state index in [4.69, 9.17) is 0 Å². The van der Waals surface area contributed by atoms with Crippen LogP contribution in [0.25, 0.3) is 0 Å². The quantitative estimate of drug-likeness (QED) is 0.521. The third-order valence-electron chi connectivity index (χ3n) is 1.71. The van der Waals surface area contributed by atoms with Gasteiger partial charge in [0.2, 0.25) is 6.04 Å². The molecule has 0 amide bonds. The van der Waals surface area contributed by atoms with Crippen LogP contribution in [0, 0.1) is 15.5 Å². The molecule has 0 aromatic rings. The van der Waals surface area contributed by atoms with Crippen LogP contribution in [0.4, 0.5) is 0 Å². The molecule has 0 saturated heterocycles. The average Bonchev–Trinajstić information content (AvgIpc) is 1.82. The molecule has 0 aromatic carbocycles. The standard InChI is InChI=1S/C8H17NO3/c1-6(9(11)12)7(10)5-8(2,3)4/h6-7,10H,5H2,1-4H3. The number of aliphatic hydroxyl groups is 1. The highest BCUT2D eigenvalue weighted by Gasteiger charge is 2.28. The molecular weight excluding hydrogens is 158 g/mol. The van der Waals surface area contributed by atoms with Gasteiger partial charge >= 0.3 is 0 Å². The maximum Gasteiger partial charge on any atom is 0.235 e. The van der Waals surface area contributed by atoms with Crippen molar-refractivity contribution >= 4 is 0 Å². The molecular formula is C8H17NO3. The van der Waals surface area contributed by atoms with Crippen molar-refractivity contribution in [3.05, 3.63) is 10.1 Å². The van der Waals surface area contributed by atoms with Gasteiger partial charge in [-0.25, -0.2) is 0 Å². The average molecular weight is 175 g/mol. The molecule has 2 unspecified atom stereocenters. The van der Waals surface area contributed by atoms with Crippen molar-refractivity contribution in [1.82, 2.24) is 0 Å². The molecule has 12 heavy (non-hydrogen) atoms. The lowest BCUT2D eigenvalue weighted by Gasteiger charge is -2.22. The van der Waals surface area contributed by atoms with Crippen molar-refractivity contribution in [2.45, 2.75) is 46.3 Å². The van der Waals surface area contributed by atoms with Gasteiger partial charge in [0, 0.05) is 11.8 Å². The van der Waals surface area contributed by atoms with Gasteiger partial charge in [0.25, 0.3) is 0 Å². The van der Waals surface area contributed by atoms with Crippen LogP contribution in [0.15, 0.2) is 0 Å². The summed E-state index contributed by atoms with van der Waals surface area (Å²) in [4.78, 5) is 9.82. The van der Waals surface area contributed by atoms with Crippen molar-refractivity contribution in [2.75, 3.05) is 0 Å². The van der Waals surface area contributed by atoms with Crippen LogP contribution in [-0.4, -0.2) is 22.2 Å². The van der Waals surface area contributed by atoms with E-state index in [2.05, 4.69) is 0 Å². The third kappa shape index (κ3) is 4.28. The third-order valence-corrected chi connectivity index (χ3v) is 1.71. The van der Waals surface area contributed by atoms with Gasteiger partial charge in [-0.05, 0) is 11.8 Å². The van der Waals surface area contributed by atoms with Gasteiger partial charge in [-0.1, -0.05) is 20.8 Å². The Hall–Kier alpha value is -0.640. The highest BCUT2D eigenvalue weighted by molar-refractivity contribution is 4.71. The number of hydrogen-bond donors (Lipinski definition) is 1. The van der Waals surface area contributed by atoms with Gasteiger partial charge in [0.05, 0.1) is 0 Å². The second-order valence-electron chi connectivity index (χ2n) is 4.36. The number of nitrogens with zero attached hydrogens (tertiary/aromatic N) is 1. The summed E-state index contributed by atoms with van der Waals surface area (Å²) in [5, 5.41) is 19.7. The van der Waals surface area contributed by atoms with Gasteiger partial charge in [-0.2, -0.15) is 0 Å². The molecule has 4 heteroatoms. The second-order valence-corrected chi connectivity index (χ2v) is 4.36. The minimum atomic E-state index is -0.871. The summed E-state index contributed by atoms with van der Waals surface area (Å²) in [5.41, 5.74) is -0.0658. The minimum absolute atomic E-state index is 0.0658. The summed E-state index contributed by atoms with van der Waals surface area (Å²) < 4.78 is 0. The Balaban J connectivity index is 4.04. The molecule has 0 spiro atoms. The van der Waals surface area contributed by atoms with Crippen LogP contribution in [0.1, 0.15) is 34.1 Å². The van der Waals surface area contributed by atoms with Crippen LogP contribution in [-0.2, 0) is 0 Å². The molecule has 0 heterocycles. The fourth-order valence-electron chi connectivity index (χ4n) is 0.938. The summed E-state index contributed by atoms with van der Waals surface area (Å²) in [7, 11) is 0. The smallest absolute Gasteiger partial charge is 0.235 e. The Morgan fingerprint density at radius 3 is 2.17 bits per heavy atom. The van der Waals surface area contributed by atoms with E-state index in [1.165, 1.54) is 6.92 Å². The Bertz CT molecular complexity index is 162. The van der Waals surface area contributed by atoms with Crippen LogP contribution < -0.4 is 0 Å². The van der Waals surface area contributed by atoms with E-state index in [-0.39, 0.29) is 5.41 Å². The summed E-state index contributed by atoms with van der Waals surface area (Å²) in [6.45, 7) is 7.27. The molecule has 0 radical (unpaired) electrons. The van der Waals surface area contributed by atoms with Gasteiger partial charge in [0.1, 0.15) is 6.10 Å². The molecule has 1 N–H and O–H groups in total. The minimum Gasteiger partial charge on any atom is -0.386 e. The Kier molecular flexibility index (Phi) is 3.64. The summed E-state index contributed by atoms with van der Waals surface area (Å²) >= 11 is 0. The fourth-order valence-corrected chi connectivity index (χ4v) is 0.938. The molecule has 72 valence electrons. The van der Waals surface area contributed by atoms with E-state index in [0.717, 1.165) is 0 Å². The lowest BCUT2D eigenvalue weighted by atomic mass is 9.87. The lowest BCUT2D eigenvalue weighted by molar-refractivity contribution is -0.530. The monoisotopic (exact) mass is 175 g/mol. The zero-order valence-electron chi connectivity index (χ0n) is 8.07. The van der Waals surface area contributed by atoms with Crippen molar-refractivity contribution in [3.8, 4) is 0 Å². The number of nitro groups is 1. The second kappa shape index (κ2) is 3.85. The first kappa shape index (κ1) is 11.4. The van der Waals surface area contributed by atoms with E-state index in [9.17, 15) is 15.2 Å². The molecule has 0 rings (SSSR count). The number of aliphatic hydroxyl groups excluding tert-OH is 1.